The first-order valence-electron chi connectivity index (χ1n) is 5.75. The molecule has 0 bridgehead atoms. The Hall–Kier alpha value is -1.69. The topological polar surface area (TPSA) is 68.3 Å². The van der Waals surface area contributed by atoms with Gasteiger partial charge in [-0.1, -0.05) is 12.2 Å². The first-order valence-corrected chi connectivity index (χ1v) is 6.16. The summed E-state index contributed by atoms with van der Waals surface area (Å²) in [4.78, 5) is 25.7. The summed E-state index contributed by atoms with van der Waals surface area (Å²) in [7, 11) is 1.77. The van der Waals surface area contributed by atoms with Gasteiger partial charge in [0.1, 0.15) is 11.5 Å². The molecule has 2 N–H and O–H groups in total. The highest BCUT2D eigenvalue weighted by Gasteiger charge is 2.29. The van der Waals surface area contributed by atoms with E-state index in [1.165, 1.54) is 4.57 Å². The van der Waals surface area contributed by atoms with Crippen LogP contribution in [0.1, 0.15) is 18.4 Å². The fourth-order valence-electron chi connectivity index (χ4n) is 1.77. The summed E-state index contributed by atoms with van der Waals surface area (Å²) in [5, 5.41) is 0. The van der Waals surface area contributed by atoms with Crippen LogP contribution < -0.4 is 11.3 Å². The molecule has 5 nitrogen and oxygen atoms in total. The highest BCUT2D eigenvalue weighted by atomic mass is 32.1. The average molecular weight is 265 g/mol. The fourth-order valence-corrected chi connectivity index (χ4v) is 1.93. The molecule has 0 unspecified atom stereocenters. The second-order valence-corrected chi connectivity index (χ2v) is 4.89. The first-order chi connectivity index (χ1) is 8.50. The van der Waals surface area contributed by atoms with Gasteiger partial charge in [-0.25, -0.2) is 0 Å². The van der Waals surface area contributed by atoms with Crippen LogP contribution in [0.5, 0.6) is 0 Å². The molecule has 18 heavy (non-hydrogen) atoms. The molecule has 0 spiro atoms. The van der Waals surface area contributed by atoms with Crippen molar-refractivity contribution in [2.24, 2.45) is 5.73 Å². The number of rotatable bonds is 4. The van der Waals surface area contributed by atoms with E-state index in [1.807, 2.05) is 0 Å². The van der Waals surface area contributed by atoms with Crippen molar-refractivity contribution in [3.8, 4) is 0 Å². The predicted molar refractivity (Wildman–Crippen MR) is 72.4 cm³/mol. The molecule has 0 saturated heterocycles. The molecule has 1 aromatic rings. The molecule has 2 rings (SSSR count). The molecule has 0 aliphatic heterocycles. The standard InChI is InChI=1S/C12H15N3O2S/c1-14(8-4-5-8)10(16)7-15-6-2-3-9(11(13)18)12(15)17/h2-3,6,8H,4-5,7H2,1H3,(H2,13,18). The molecule has 96 valence electrons. The van der Waals surface area contributed by atoms with Gasteiger partial charge in [0.15, 0.2) is 0 Å². The van der Waals surface area contributed by atoms with Crippen molar-refractivity contribution >= 4 is 23.1 Å². The van der Waals surface area contributed by atoms with Gasteiger partial charge in [-0.05, 0) is 25.0 Å². The molecular weight excluding hydrogens is 250 g/mol. The number of carbonyl (C=O) groups excluding carboxylic acids is 1. The lowest BCUT2D eigenvalue weighted by atomic mass is 10.3. The van der Waals surface area contributed by atoms with Gasteiger partial charge >= 0.3 is 0 Å². The number of pyridine rings is 1. The van der Waals surface area contributed by atoms with Crippen molar-refractivity contribution in [3.63, 3.8) is 0 Å². The van der Waals surface area contributed by atoms with E-state index in [1.54, 1.807) is 30.3 Å². The van der Waals surface area contributed by atoms with Gasteiger partial charge in [0.25, 0.3) is 5.56 Å². The molecule has 1 aromatic heterocycles. The van der Waals surface area contributed by atoms with Crippen molar-refractivity contribution in [2.75, 3.05) is 7.05 Å². The van der Waals surface area contributed by atoms with E-state index in [0.29, 0.717) is 6.04 Å². The molecule has 0 aromatic carbocycles. The van der Waals surface area contributed by atoms with Crippen LogP contribution in [0.3, 0.4) is 0 Å². The van der Waals surface area contributed by atoms with Gasteiger partial charge < -0.3 is 15.2 Å². The summed E-state index contributed by atoms with van der Waals surface area (Å²) in [5.41, 5.74) is 5.41. The first kappa shape index (κ1) is 12.8. The number of aromatic nitrogens is 1. The van der Waals surface area contributed by atoms with Crippen LogP contribution in [0.15, 0.2) is 23.1 Å². The molecule has 1 fully saturated rings. The maximum Gasteiger partial charge on any atom is 0.261 e. The third-order valence-corrected chi connectivity index (χ3v) is 3.30. The van der Waals surface area contributed by atoms with E-state index >= 15 is 0 Å². The fraction of sp³-hybridized carbons (Fsp3) is 0.417. The molecular formula is C12H15N3O2S. The molecule has 0 radical (unpaired) electrons. The zero-order chi connectivity index (χ0) is 13.3. The summed E-state index contributed by atoms with van der Waals surface area (Å²) in [6, 6.07) is 3.57. The molecule has 0 atom stereocenters. The lowest BCUT2D eigenvalue weighted by Crippen LogP contribution is -2.36. The molecule has 1 aliphatic rings. The van der Waals surface area contributed by atoms with Crippen LogP contribution in [0.25, 0.3) is 0 Å². The van der Waals surface area contributed by atoms with Gasteiger partial charge in [0, 0.05) is 19.3 Å². The van der Waals surface area contributed by atoms with Crippen molar-refractivity contribution in [2.45, 2.75) is 25.4 Å². The van der Waals surface area contributed by atoms with Crippen LogP contribution in [-0.4, -0.2) is 33.5 Å². The molecule has 1 aliphatic carbocycles. The number of likely N-dealkylation sites (N-methyl/N-ethyl adjacent to an activating group) is 1. The Kier molecular flexibility index (Phi) is 3.47. The Morgan fingerprint density at radius 3 is 2.83 bits per heavy atom. The second-order valence-electron chi connectivity index (χ2n) is 4.45. The Morgan fingerprint density at radius 2 is 2.28 bits per heavy atom. The van der Waals surface area contributed by atoms with Crippen LogP contribution in [0.4, 0.5) is 0 Å². The summed E-state index contributed by atoms with van der Waals surface area (Å²) in [6.45, 7) is 0.0300. The minimum atomic E-state index is -0.317. The zero-order valence-electron chi connectivity index (χ0n) is 10.1. The van der Waals surface area contributed by atoms with Crippen LogP contribution in [0.2, 0.25) is 0 Å². The minimum Gasteiger partial charge on any atom is -0.389 e. The van der Waals surface area contributed by atoms with Crippen molar-refractivity contribution in [1.82, 2.24) is 9.47 Å². The number of carbonyl (C=O) groups is 1. The van der Waals surface area contributed by atoms with Crippen LogP contribution in [0, 0.1) is 0 Å². The molecule has 1 amide bonds. The number of nitrogens with zero attached hydrogens (tertiary/aromatic N) is 2. The van der Waals surface area contributed by atoms with Crippen molar-refractivity contribution < 1.29 is 4.79 Å². The Bertz CT molecular complexity index is 548. The summed E-state index contributed by atoms with van der Waals surface area (Å²) >= 11 is 4.79. The molecule has 1 heterocycles. The maximum atomic E-state index is 12.0. The smallest absolute Gasteiger partial charge is 0.261 e. The van der Waals surface area contributed by atoms with Crippen LogP contribution in [-0.2, 0) is 11.3 Å². The Balaban J connectivity index is 2.19. The largest absolute Gasteiger partial charge is 0.389 e. The molecule has 6 heteroatoms. The Morgan fingerprint density at radius 1 is 1.61 bits per heavy atom. The van der Waals surface area contributed by atoms with E-state index in [-0.39, 0.29) is 28.6 Å². The van der Waals surface area contributed by atoms with Gasteiger partial charge in [-0.3, -0.25) is 9.59 Å². The van der Waals surface area contributed by atoms with Gasteiger partial charge in [0.05, 0.1) is 5.56 Å². The van der Waals surface area contributed by atoms with E-state index < -0.39 is 0 Å². The summed E-state index contributed by atoms with van der Waals surface area (Å²) in [5.74, 6) is -0.0697. The van der Waals surface area contributed by atoms with E-state index in [9.17, 15) is 9.59 Å². The van der Waals surface area contributed by atoms with E-state index in [0.717, 1.165) is 12.8 Å². The number of hydrogen-bond donors (Lipinski definition) is 1. The third kappa shape index (κ3) is 2.59. The highest BCUT2D eigenvalue weighted by molar-refractivity contribution is 7.80. The monoisotopic (exact) mass is 265 g/mol. The highest BCUT2D eigenvalue weighted by Crippen LogP contribution is 2.25. The lowest BCUT2D eigenvalue weighted by Gasteiger charge is -2.17. The number of thiocarbonyl (C=S) groups is 1. The average Bonchev–Trinajstić information content (AvgIpc) is 3.14. The normalized spacial score (nSPS) is 14.3. The number of hydrogen-bond acceptors (Lipinski definition) is 3. The minimum absolute atomic E-state index is 0.0300. The van der Waals surface area contributed by atoms with Gasteiger partial charge in [-0.15, -0.1) is 0 Å². The summed E-state index contributed by atoms with van der Waals surface area (Å²) in [6.07, 6.45) is 3.66. The lowest BCUT2D eigenvalue weighted by molar-refractivity contribution is -0.131. The second kappa shape index (κ2) is 4.89. The third-order valence-electron chi connectivity index (χ3n) is 3.08. The predicted octanol–water partition coefficient (Wildman–Crippen LogP) is 0.103. The zero-order valence-corrected chi connectivity index (χ0v) is 10.9. The maximum absolute atomic E-state index is 12.0. The van der Waals surface area contributed by atoms with Crippen molar-refractivity contribution in [3.05, 3.63) is 34.2 Å². The van der Waals surface area contributed by atoms with Gasteiger partial charge in [0.2, 0.25) is 5.91 Å². The van der Waals surface area contributed by atoms with Crippen LogP contribution >= 0.6 is 12.2 Å². The molecule has 1 saturated carbocycles. The number of nitrogens with two attached hydrogens (primary N) is 1. The number of amides is 1. The Labute approximate surface area is 110 Å². The quantitative estimate of drug-likeness (QED) is 0.784. The van der Waals surface area contributed by atoms with Gasteiger partial charge in [-0.2, -0.15) is 0 Å². The SMILES string of the molecule is CN(C(=O)Cn1cccc(C(N)=S)c1=O)C1CC1. The van der Waals surface area contributed by atoms with Crippen molar-refractivity contribution in [1.29, 1.82) is 0 Å². The van der Waals surface area contributed by atoms with E-state index in [4.69, 9.17) is 18.0 Å². The summed E-state index contributed by atoms with van der Waals surface area (Å²) < 4.78 is 1.34. The van der Waals surface area contributed by atoms with E-state index in [2.05, 4.69) is 0 Å².